The van der Waals surface area contributed by atoms with E-state index in [0.29, 0.717) is 41.0 Å². The number of carbonyl (C=O) groups excluding carboxylic acids is 1. The van der Waals surface area contributed by atoms with E-state index in [1.807, 2.05) is 24.3 Å². The van der Waals surface area contributed by atoms with Gasteiger partial charge >= 0.3 is 0 Å². The number of likely N-dealkylation sites (tertiary alicyclic amines) is 1. The SMILES string of the molecule is C=C1C(=O)c2cc(NS(C)(=O)=O)ccc2OC12CCN(CCc1ccc(C#N)cc1)CC2. The second-order valence-corrected chi connectivity index (χ2v) is 10.1. The minimum Gasteiger partial charge on any atom is -0.482 e. The van der Waals surface area contributed by atoms with Gasteiger partial charge in [0, 0.05) is 43.7 Å². The van der Waals surface area contributed by atoms with Gasteiger partial charge in [0.05, 0.1) is 23.5 Å². The van der Waals surface area contributed by atoms with Crippen LogP contribution in [0, 0.1) is 11.3 Å². The largest absolute Gasteiger partial charge is 0.482 e. The number of hydrogen-bond donors (Lipinski definition) is 1. The summed E-state index contributed by atoms with van der Waals surface area (Å²) in [5.74, 6) is 0.266. The van der Waals surface area contributed by atoms with Gasteiger partial charge in [-0.05, 0) is 42.3 Å². The van der Waals surface area contributed by atoms with Crippen molar-refractivity contribution in [3.63, 3.8) is 0 Å². The van der Waals surface area contributed by atoms with E-state index in [1.165, 1.54) is 11.6 Å². The smallest absolute Gasteiger partial charge is 0.229 e. The van der Waals surface area contributed by atoms with Crippen LogP contribution in [0.5, 0.6) is 5.75 Å². The summed E-state index contributed by atoms with van der Waals surface area (Å²) in [6.07, 6.45) is 3.27. The average molecular weight is 452 g/mol. The highest BCUT2D eigenvalue weighted by Gasteiger charge is 2.46. The molecule has 4 rings (SSSR count). The van der Waals surface area contributed by atoms with Crippen molar-refractivity contribution >= 4 is 21.5 Å². The maximum atomic E-state index is 13.1. The molecule has 8 heteroatoms. The first kappa shape index (κ1) is 22.1. The van der Waals surface area contributed by atoms with E-state index < -0.39 is 15.6 Å². The number of carbonyl (C=O) groups is 1. The number of sulfonamides is 1. The molecular formula is C24H25N3O4S. The Kier molecular flexibility index (Phi) is 5.80. The molecule has 1 saturated heterocycles. The van der Waals surface area contributed by atoms with E-state index in [-0.39, 0.29) is 5.78 Å². The number of benzene rings is 2. The molecular weight excluding hydrogens is 426 g/mol. The molecule has 1 fully saturated rings. The molecule has 32 heavy (non-hydrogen) atoms. The van der Waals surface area contributed by atoms with Crippen molar-refractivity contribution in [2.75, 3.05) is 30.6 Å². The van der Waals surface area contributed by atoms with Crippen LogP contribution in [0.15, 0.2) is 54.6 Å². The van der Waals surface area contributed by atoms with E-state index in [9.17, 15) is 13.2 Å². The first-order valence-electron chi connectivity index (χ1n) is 10.5. The monoisotopic (exact) mass is 451 g/mol. The summed E-state index contributed by atoms with van der Waals surface area (Å²) in [6, 6.07) is 14.5. The number of piperidine rings is 1. The van der Waals surface area contributed by atoms with Crippen LogP contribution in [-0.2, 0) is 16.4 Å². The Morgan fingerprint density at radius 2 is 1.88 bits per heavy atom. The zero-order valence-corrected chi connectivity index (χ0v) is 18.7. The Morgan fingerprint density at radius 3 is 2.50 bits per heavy atom. The average Bonchev–Trinajstić information content (AvgIpc) is 2.77. The molecule has 7 nitrogen and oxygen atoms in total. The highest BCUT2D eigenvalue weighted by atomic mass is 32.2. The predicted molar refractivity (Wildman–Crippen MR) is 122 cm³/mol. The lowest BCUT2D eigenvalue weighted by Gasteiger charge is -2.45. The molecule has 1 N–H and O–H groups in total. The molecule has 2 heterocycles. The number of hydrogen-bond acceptors (Lipinski definition) is 6. The Bertz CT molecular complexity index is 1200. The van der Waals surface area contributed by atoms with Crippen LogP contribution < -0.4 is 9.46 Å². The molecule has 2 aliphatic rings. The van der Waals surface area contributed by atoms with Gasteiger partial charge in [0.1, 0.15) is 11.4 Å². The molecule has 0 saturated carbocycles. The van der Waals surface area contributed by atoms with Gasteiger partial charge in [0.25, 0.3) is 0 Å². The third-order valence-corrected chi connectivity index (χ3v) is 6.73. The van der Waals surface area contributed by atoms with E-state index in [2.05, 4.69) is 22.3 Å². The van der Waals surface area contributed by atoms with Crippen molar-refractivity contribution in [2.24, 2.45) is 0 Å². The fourth-order valence-corrected chi connectivity index (χ4v) is 4.85. The maximum Gasteiger partial charge on any atom is 0.229 e. The molecule has 0 amide bonds. The zero-order chi connectivity index (χ0) is 22.9. The third kappa shape index (κ3) is 4.54. The summed E-state index contributed by atoms with van der Waals surface area (Å²) in [5, 5.41) is 8.91. The van der Waals surface area contributed by atoms with E-state index in [4.69, 9.17) is 10.00 Å². The third-order valence-electron chi connectivity index (χ3n) is 6.12. The molecule has 2 aromatic carbocycles. The van der Waals surface area contributed by atoms with Crippen LogP contribution in [0.25, 0.3) is 0 Å². The number of rotatable bonds is 5. The molecule has 0 unspecified atom stereocenters. The van der Waals surface area contributed by atoms with Crippen LogP contribution in [0.1, 0.15) is 34.3 Å². The molecule has 2 aliphatic heterocycles. The normalized spacial score (nSPS) is 18.0. The van der Waals surface area contributed by atoms with Crippen molar-refractivity contribution < 1.29 is 17.9 Å². The van der Waals surface area contributed by atoms with Gasteiger partial charge in [-0.25, -0.2) is 8.42 Å². The summed E-state index contributed by atoms with van der Waals surface area (Å²) >= 11 is 0. The maximum absolute atomic E-state index is 13.1. The summed E-state index contributed by atoms with van der Waals surface area (Å²) in [4.78, 5) is 15.4. The summed E-state index contributed by atoms with van der Waals surface area (Å²) in [7, 11) is -3.44. The molecule has 0 aliphatic carbocycles. The predicted octanol–water partition coefficient (Wildman–Crippen LogP) is 3.14. The zero-order valence-electron chi connectivity index (χ0n) is 17.9. The minimum absolute atomic E-state index is 0.200. The molecule has 0 aromatic heterocycles. The van der Waals surface area contributed by atoms with Crippen LogP contribution >= 0.6 is 0 Å². The van der Waals surface area contributed by atoms with Crippen molar-refractivity contribution in [3.05, 3.63) is 71.3 Å². The second kappa shape index (κ2) is 8.41. The van der Waals surface area contributed by atoms with Crippen molar-refractivity contribution in [1.82, 2.24) is 4.90 Å². The number of Topliss-reactive ketones (excluding diaryl/α,β-unsaturated/α-hetero) is 1. The molecule has 0 radical (unpaired) electrons. The Balaban J connectivity index is 1.42. The Labute approximate surface area is 188 Å². The fraction of sp³-hybridized carbons (Fsp3) is 0.333. The van der Waals surface area contributed by atoms with E-state index >= 15 is 0 Å². The van der Waals surface area contributed by atoms with Gasteiger partial charge < -0.3 is 9.64 Å². The highest BCUT2D eigenvalue weighted by Crippen LogP contribution is 2.42. The van der Waals surface area contributed by atoms with Crippen LogP contribution in [0.4, 0.5) is 5.69 Å². The van der Waals surface area contributed by atoms with Crippen LogP contribution in [-0.4, -0.2) is 50.6 Å². The van der Waals surface area contributed by atoms with Crippen LogP contribution in [0.2, 0.25) is 0 Å². The van der Waals surface area contributed by atoms with Crippen molar-refractivity contribution in [3.8, 4) is 11.8 Å². The number of ketones is 1. The number of nitriles is 1. The van der Waals surface area contributed by atoms with Gasteiger partial charge in [0.15, 0.2) is 5.78 Å². The van der Waals surface area contributed by atoms with Gasteiger partial charge in [-0.15, -0.1) is 0 Å². The number of ether oxygens (including phenoxy) is 1. The second-order valence-electron chi connectivity index (χ2n) is 8.39. The fourth-order valence-electron chi connectivity index (χ4n) is 4.29. The number of anilines is 1. The van der Waals surface area contributed by atoms with Crippen LogP contribution in [0.3, 0.4) is 0 Å². The Morgan fingerprint density at radius 1 is 1.19 bits per heavy atom. The number of nitrogens with one attached hydrogen (secondary N) is 1. The van der Waals surface area contributed by atoms with Gasteiger partial charge in [0.2, 0.25) is 10.0 Å². The van der Waals surface area contributed by atoms with Gasteiger partial charge in [-0.2, -0.15) is 5.26 Å². The van der Waals surface area contributed by atoms with E-state index in [0.717, 1.165) is 32.3 Å². The lowest BCUT2D eigenvalue weighted by molar-refractivity contribution is 0.0233. The first-order chi connectivity index (χ1) is 15.2. The highest BCUT2D eigenvalue weighted by molar-refractivity contribution is 7.92. The van der Waals surface area contributed by atoms with Crippen molar-refractivity contribution in [1.29, 1.82) is 5.26 Å². The Hall–Kier alpha value is -3.15. The molecule has 1 spiro atoms. The van der Waals surface area contributed by atoms with Gasteiger partial charge in [-0.3, -0.25) is 9.52 Å². The molecule has 2 aromatic rings. The van der Waals surface area contributed by atoms with E-state index in [1.54, 1.807) is 12.1 Å². The lowest BCUT2D eigenvalue weighted by atomic mass is 9.78. The summed E-state index contributed by atoms with van der Waals surface area (Å²) < 4.78 is 31.7. The summed E-state index contributed by atoms with van der Waals surface area (Å²) in [6.45, 7) is 6.51. The molecule has 0 atom stereocenters. The first-order valence-corrected chi connectivity index (χ1v) is 12.3. The van der Waals surface area contributed by atoms with Gasteiger partial charge in [-0.1, -0.05) is 18.7 Å². The number of nitrogens with zero attached hydrogens (tertiary/aromatic N) is 2. The minimum atomic E-state index is -3.44. The quantitative estimate of drug-likeness (QED) is 0.701. The molecule has 0 bridgehead atoms. The topological polar surface area (TPSA) is 99.5 Å². The standard InChI is InChI=1S/C24H25N3O4S/c1-17-23(28)21-15-20(26-32(2,29)30)7-8-22(21)31-24(17)10-13-27(14-11-24)12-9-18-3-5-19(16-25)6-4-18/h3-8,15,26H,1,9-14H2,2H3. The van der Waals surface area contributed by atoms with Crippen molar-refractivity contribution in [2.45, 2.75) is 24.9 Å². The summed E-state index contributed by atoms with van der Waals surface area (Å²) in [5.41, 5.74) is 2.20. The lowest BCUT2D eigenvalue weighted by Crippen LogP contribution is -2.52. The number of fused-ring (bicyclic) bond motifs is 1. The molecule has 166 valence electrons.